The van der Waals surface area contributed by atoms with E-state index < -0.39 is 11.7 Å². The number of amides is 2. The van der Waals surface area contributed by atoms with Crippen molar-refractivity contribution < 1.29 is 19.1 Å². The number of carbonyl (C=O) groups is 2. The predicted octanol–water partition coefficient (Wildman–Crippen LogP) is 5.43. The van der Waals surface area contributed by atoms with Gasteiger partial charge in [0.25, 0.3) is 5.91 Å². The Kier molecular flexibility index (Phi) is 8.35. The standard InChI is InChI=1S/C28H35N3O4/c1-19(2)30-26(32)22-10-7-20(8-11-22)17-29-31(27(33)35-28(3,4)5)18-21-9-12-24-16-25(34-6)14-13-23(24)15-21/h7-16,19,29H,17-18H2,1-6H3,(H,30,32). The van der Waals surface area contributed by atoms with E-state index in [1.54, 1.807) is 19.2 Å². The van der Waals surface area contributed by atoms with Crippen LogP contribution >= 0.6 is 0 Å². The first-order valence-electron chi connectivity index (χ1n) is 11.7. The minimum Gasteiger partial charge on any atom is -0.497 e. The SMILES string of the molecule is COc1ccc2cc(CN(NCc3ccc(C(=O)NC(C)C)cc3)C(=O)OC(C)(C)C)ccc2c1. The van der Waals surface area contributed by atoms with Crippen LogP contribution in [0.3, 0.4) is 0 Å². The van der Waals surface area contributed by atoms with Crippen LogP contribution in [0.4, 0.5) is 4.79 Å². The highest BCUT2D eigenvalue weighted by atomic mass is 16.6. The van der Waals surface area contributed by atoms with E-state index in [2.05, 4.69) is 16.8 Å². The molecule has 0 bridgehead atoms. The molecule has 0 atom stereocenters. The fraction of sp³-hybridized carbons (Fsp3) is 0.357. The Morgan fingerprint density at radius 2 is 1.54 bits per heavy atom. The maximum Gasteiger partial charge on any atom is 0.425 e. The molecular formula is C28H35N3O4. The third-order valence-corrected chi connectivity index (χ3v) is 5.18. The Morgan fingerprint density at radius 1 is 0.914 bits per heavy atom. The molecule has 0 saturated heterocycles. The van der Waals surface area contributed by atoms with Crippen LogP contribution in [-0.2, 0) is 17.8 Å². The van der Waals surface area contributed by atoms with E-state index in [1.165, 1.54) is 5.01 Å². The topological polar surface area (TPSA) is 79.9 Å². The van der Waals surface area contributed by atoms with Crippen molar-refractivity contribution in [2.45, 2.75) is 59.4 Å². The molecule has 2 amide bonds. The number of hydrogen-bond acceptors (Lipinski definition) is 5. The molecule has 0 saturated carbocycles. The molecule has 0 heterocycles. The maximum atomic E-state index is 12.9. The van der Waals surface area contributed by atoms with Crippen molar-refractivity contribution in [3.05, 3.63) is 77.4 Å². The number of benzene rings is 3. The average molecular weight is 478 g/mol. The van der Waals surface area contributed by atoms with E-state index in [-0.39, 0.29) is 11.9 Å². The van der Waals surface area contributed by atoms with Crippen molar-refractivity contribution in [1.29, 1.82) is 0 Å². The molecule has 186 valence electrons. The molecule has 35 heavy (non-hydrogen) atoms. The second kappa shape index (κ2) is 11.2. The fourth-order valence-corrected chi connectivity index (χ4v) is 3.49. The Bertz CT molecular complexity index is 1170. The van der Waals surface area contributed by atoms with Crippen LogP contribution in [0.15, 0.2) is 60.7 Å². The van der Waals surface area contributed by atoms with Crippen LogP contribution in [0, 0.1) is 0 Å². The zero-order chi connectivity index (χ0) is 25.6. The van der Waals surface area contributed by atoms with Crippen molar-refractivity contribution in [2.75, 3.05) is 7.11 Å². The molecule has 2 N–H and O–H groups in total. The van der Waals surface area contributed by atoms with Gasteiger partial charge in [0.05, 0.1) is 13.7 Å². The van der Waals surface area contributed by atoms with E-state index in [4.69, 9.17) is 9.47 Å². The molecule has 3 aromatic rings. The first kappa shape index (κ1) is 26.0. The number of nitrogens with one attached hydrogen (secondary N) is 2. The number of hydrogen-bond donors (Lipinski definition) is 2. The molecule has 7 heteroatoms. The zero-order valence-corrected chi connectivity index (χ0v) is 21.3. The molecule has 0 aliphatic rings. The third-order valence-electron chi connectivity index (χ3n) is 5.18. The molecule has 0 spiro atoms. The van der Waals surface area contributed by atoms with Gasteiger partial charge < -0.3 is 14.8 Å². The summed E-state index contributed by atoms with van der Waals surface area (Å²) < 4.78 is 10.9. The first-order valence-corrected chi connectivity index (χ1v) is 11.7. The number of hydrazine groups is 1. The van der Waals surface area contributed by atoms with Gasteiger partial charge in [0, 0.05) is 18.2 Å². The van der Waals surface area contributed by atoms with Gasteiger partial charge in [-0.25, -0.2) is 15.2 Å². The van der Waals surface area contributed by atoms with E-state index >= 15 is 0 Å². The largest absolute Gasteiger partial charge is 0.497 e. The summed E-state index contributed by atoms with van der Waals surface area (Å²) in [6.07, 6.45) is -0.458. The lowest BCUT2D eigenvalue weighted by atomic mass is 10.1. The lowest BCUT2D eigenvalue weighted by molar-refractivity contribution is 0.0108. The summed E-state index contributed by atoms with van der Waals surface area (Å²) in [5.74, 6) is 0.693. The highest BCUT2D eigenvalue weighted by Crippen LogP contribution is 2.23. The van der Waals surface area contributed by atoms with Gasteiger partial charge in [0.15, 0.2) is 0 Å². The van der Waals surface area contributed by atoms with Crippen molar-refractivity contribution in [3.8, 4) is 5.75 Å². The molecule has 0 aliphatic carbocycles. The van der Waals surface area contributed by atoms with Crippen molar-refractivity contribution in [2.24, 2.45) is 0 Å². The summed E-state index contributed by atoms with van der Waals surface area (Å²) in [5.41, 5.74) is 5.06. The van der Waals surface area contributed by atoms with E-state index in [9.17, 15) is 9.59 Å². The fourth-order valence-electron chi connectivity index (χ4n) is 3.49. The van der Waals surface area contributed by atoms with Crippen LogP contribution in [0.25, 0.3) is 10.8 Å². The van der Waals surface area contributed by atoms with Gasteiger partial charge in [-0.05, 0) is 86.8 Å². The van der Waals surface area contributed by atoms with E-state index in [1.807, 2.05) is 77.1 Å². The van der Waals surface area contributed by atoms with Crippen LogP contribution in [0.1, 0.15) is 56.1 Å². The molecule has 7 nitrogen and oxygen atoms in total. The molecule has 3 aromatic carbocycles. The van der Waals surface area contributed by atoms with Gasteiger partial charge in [0.1, 0.15) is 11.4 Å². The summed E-state index contributed by atoms with van der Waals surface area (Å²) in [6.45, 7) is 10.1. The minimum atomic E-state index is -0.623. The van der Waals surface area contributed by atoms with Gasteiger partial charge in [-0.2, -0.15) is 0 Å². The molecule has 3 rings (SSSR count). The highest BCUT2D eigenvalue weighted by Gasteiger charge is 2.22. The quantitative estimate of drug-likeness (QED) is 0.423. The van der Waals surface area contributed by atoms with Crippen LogP contribution in [0.2, 0.25) is 0 Å². The average Bonchev–Trinajstić information content (AvgIpc) is 2.80. The summed E-state index contributed by atoms with van der Waals surface area (Å²) >= 11 is 0. The van der Waals surface area contributed by atoms with Crippen LogP contribution in [-0.4, -0.2) is 35.8 Å². The monoisotopic (exact) mass is 477 g/mol. The van der Waals surface area contributed by atoms with Crippen molar-refractivity contribution in [1.82, 2.24) is 15.8 Å². The predicted molar refractivity (Wildman–Crippen MR) is 138 cm³/mol. The van der Waals surface area contributed by atoms with Gasteiger partial charge in [-0.1, -0.05) is 30.3 Å². The molecular weight excluding hydrogens is 442 g/mol. The van der Waals surface area contributed by atoms with Gasteiger partial charge in [0.2, 0.25) is 0 Å². The summed E-state index contributed by atoms with van der Waals surface area (Å²) in [4.78, 5) is 25.1. The minimum absolute atomic E-state index is 0.0726. The molecule has 0 aliphatic heterocycles. The molecule has 0 fully saturated rings. The van der Waals surface area contributed by atoms with Crippen molar-refractivity contribution >= 4 is 22.8 Å². The summed E-state index contributed by atoms with van der Waals surface area (Å²) in [7, 11) is 1.65. The van der Waals surface area contributed by atoms with E-state index in [0.717, 1.165) is 27.6 Å². The lowest BCUT2D eigenvalue weighted by Gasteiger charge is -2.28. The maximum absolute atomic E-state index is 12.9. The molecule has 0 unspecified atom stereocenters. The lowest BCUT2D eigenvalue weighted by Crippen LogP contribution is -2.44. The third kappa shape index (κ3) is 7.72. The van der Waals surface area contributed by atoms with Gasteiger partial charge in [-0.15, -0.1) is 0 Å². The number of methoxy groups -OCH3 is 1. The second-order valence-corrected chi connectivity index (χ2v) is 9.77. The van der Waals surface area contributed by atoms with Gasteiger partial charge >= 0.3 is 6.09 Å². The Balaban J connectivity index is 1.74. The summed E-state index contributed by atoms with van der Waals surface area (Å²) in [6, 6.07) is 19.3. The number of carbonyl (C=O) groups excluding carboxylic acids is 2. The number of fused-ring (bicyclic) bond motifs is 1. The summed E-state index contributed by atoms with van der Waals surface area (Å²) in [5, 5.41) is 6.48. The Morgan fingerprint density at radius 3 is 2.17 bits per heavy atom. The molecule has 0 radical (unpaired) electrons. The van der Waals surface area contributed by atoms with E-state index in [0.29, 0.717) is 18.7 Å². The Labute approximate surface area is 207 Å². The van der Waals surface area contributed by atoms with Crippen LogP contribution < -0.4 is 15.5 Å². The zero-order valence-electron chi connectivity index (χ0n) is 21.3. The number of ether oxygens (including phenoxy) is 2. The number of rotatable bonds is 8. The number of nitrogens with zero attached hydrogens (tertiary/aromatic N) is 1. The Hall–Kier alpha value is -3.58. The van der Waals surface area contributed by atoms with Gasteiger partial charge in [-0.3, -0.25) is 4.79 Å². The second-order valence-electron chi connectivity index (χ2n) is 9.77. The first-order chi connectivity index (χ1) is 16.5. The smallest absolute Gasteiger partial charge is 0.425 e. The normalized spacial score (nSPS) is 11.4. The van der Waals surface area contributed by atoms with Crippen LogP contribution in [0.5, 0.6) is 5.75 Å². The highest BCUT2D eigenvalue weighted by molar-refractivity contribution is 5.94. The molecule has 0 aromatic heterocycles. The van der Waals surface area contributed by atoms with Crippen molar-refractivity contribution in [3.63, 3.8) is 0 Å².